The number of nitrogens with zero attached hydrogens (tertiary/aromatic N) is 1. The smallest absolute Gasteiger partial charge is 0.226 e. The number of carbonyl (C=O) groups excluding carboxylic acids is 1. The second-order valence-corrected chi connectivity index (χ2v) is 5.09. The van der Waals surface area contributed by atoms with E-state index in [1.165, 1.54) is 0 Å². The van der Waals surface area contributed by atoms with Crippen molar-refractivity contribution in [3.8, 4) is 0 Å². The van der Waals surface area contributed by atoms with E-state index in [4.69, 9.17) is 5.73 Å². The molecular formula is C10H18N2O. The molecule has 74 valence electrons. The van der Waals surface area contributed by atoms with E-state index in [-0.39, 0.29) is 5.41 Å². The van der Waals surface area contributed by atoms with Crippen molar-refractivity contribution in [1.82, 2.24) is 4.90 Å². The number of hydrogen-bond donors (Lipinski definition) is 1. The zero-order chi connectivity index (χ0) is 9.64. The molecular weight excluding hydrogens is 164 g/mol. The Morgan fingerprint density at radius 2 is 2.08 bits per heavy atom. The van der Waals surface area contributed by atoms with E-state index in [9.17, 15) is 4.79 Å². The third-order valence-electron chi connectivity index (χ3n) is 3.41. The number of hydrogen-bond acceptors (Lipinski definition) is 2. The lowest BCUT2D eigenvalue weighted by molar-refractivity contribution is -0.139. The van der Waals surface area contributed by atoms with Crippen LogP contribution in [0.25, 0.3) is 0 Å². The first kappa shape index (κ1) is 9.00. The minimum Gasteiger partial charge on any atom is -0.342 e. The molecule has 0 bridgehead atoms. The van der Waals surface area contributed by atoms with Gasteiger partial charge in [0.05, 0.1) is 0 Å². The Labute approximate surface area is 79.3 Å². The largest absolute Gasteiger partial charge is 0.342 e. The number of amides is 1. The van der Waals surface area contributed by atoms with Gasteiger partial charge in [-0.2, -0.15) is 0 Å². The average Bonchev–Trinajstić information content (AvgIpc) is 2.57. The molecule has 0 spiro atoms. The standard InChI is InChI=1S/C10H18N2O/c1-10(2)3-8(10)9(13)12-5-7(4-11)6-12/h7-8H,3-6,11H2,1-2H3. The molecule has 1 atom stereocenters. The van der Waals surface area contributed by atoms with Crippen molar-refractivity contribution in [2.45, 2.75) is 20.3 Å². The molecule has 1 aliphatic carbocycles. The molecule has 0 radical (unpaired) electrons. The van der Waals surface area contributed by atoms with Crippen molar-refractivity contribution in [2.24, 2.45) is 23.0 Å². The van der Waals surface area contributed by atoms with Crippen molar-refractivity contribution in [3.63, 3.8) is 0 Å². The molecule has 2 aliphatic rings. The Morgan fingerprint density at radius 1 is 1.54 bits per heavy atom. The quantitative estimate of drug-likeness (QED) is 0.674. The van der Waals surface area contributed by atoms with E-state index in [2.05, 4.69) is 13.8 Å². The van der Waals surface area contributed by atoms with E-state index in [0.29, 0.717) is 17.7 Å². The molecule has 2 N–H and O–H groups in total. The average molecular weight is 182 g/mol. The first-order chi connectivity index (χ1) is 6.04. The lowest BCUT2D eigenvalue weighted by Crippen LogP contribution is -2.53. The maximum atomic E-state index is 11.7. The first-order valence-electron chi connectivity index (χ1n) is 5.03. The number of rotatable bonds is 2. The molecule has 3 heteroatoms. The summed E-state index contributed by atoms with van der Waals surface area (Å²) >= 11 is 0. The van der Waals surface area contributed by atoms with Gasteiger partial charge in [0.1, 0.15) is 0 Å². The maximum absolute atomic E-state index is 11.7. The molecule has 1 aliphatic heterocycles. The van der Waals surface area contributed by atoms with Gasteiger partial charge in [-0.3, -0.25) is 4.79 Å². The third kappa shape index (κ3) is 1.46. The molecule has 1 heterocycles. The Morgan fingerprint density at radius 3 is 2.46 bits per heavy atom. The van der Waals surface area contributed by atoms with Crippen LogP contribution < -0.4 is 5.73 Å². The summed E-state index contributed by atoms with van der Waals surface area (Å²) in [4.78, 5) is 13.7. The molecule has 1 amide bonds. The molecule has 13 heavy (non-hydrogen) atoms. The van der Waals surface area contributed by atoms with Crippen LogP contribution in [0.1, 0.15) is 20.3 Å². The minimum absolute atomic E-state index is 0.269. The summed E-state index contributed by atoms with van der Waals surface area (Å²) in [5.41, 5.74) is 5.77. The topological polar surface area (TPSA) is 46.3 Å². The normalized spacial score (nSPS) is 31.3. The molecule has 1 saturated carbocycles. The van der Waals surface area contributed by atoms with E-state index in [1.54, 1.807) is 0 Å². The van der Waals surface area contributed by atoms with Crippen molar-refractivity contribution < 1.29 is 4.79 Å². The third-order valence-corrected chi connectivity index (χ3v) is 3.41. The highest BCUT2D eigenvalue weighted by Gasteiger charge is 2.53. The van der Waals surface area contributed by atoms with Crippen LogP contribution in [-0.2, 0) is 4.79 Å². The Kier molecular flexibility index (Phi) is 1.88. The molecule has 2 fully saturated rings. The van der Waals surface area contributed by atoms with Crippen molar-refractivity contribution in [1.29, 1.82) is 0 Å². The second-order valence-electron chi connectivity index (χ2n) is 5.09. The monoisotopic (exact) mass is 182 g/mol. The zero-order valence-electron chi connectivity index (χ0n) is 8.42. The van der Waals surface area contributed by atoms with Gasteiger partial charge in [0.15, 0.2) is 0 Å². The van der Waals surface area contributed by atoms with Crippen LogP contribution in [0.5, 0.6) is 0 Å². The Hall–Kier alpha value is -0.570. The number of nitrogens with two attached hydrogens (primary N) is 1. The summed E-state index contributed by atoms with van der Waals surface area (Å²) < 4.78 is 0. The molecule has 1 saturated heterocycles. The van der Waals surface area contributed by atoms with Crippen LogP contribution >= 0.6 is 0 Å². The van der Waals surface area contributed by atoms with Gasteiger partial charge in [0.25, 0.3) is 0 Å². The van der Waals surface area contributed by atoms with Crippen LogP contribution in [-0.4, -0.2) is 30.4 Å². The molecule has 0 aromatic carbocycles. The first-order valence-corrected chi connectivity index (χ1v) is 5.03. The van der Waals surface area contributed by atoms with E-state index < -0.39 is 0 Å². The predicted octanol–water partition coefficient (Wildman–Crippen LogP) is 0.450. The fourth-order valence-electron chi connectivity index (χ4n) is 2.01. The minimum atomic E-state index is 0.269. The summed E-state index contributed by atoms with van der Waals surface area (Å²) in [5.74, 6) is 1.21. The fraction of sp³-hybridized carbons (Fsp3) is 0.900. The van der Waals surface area contributed by atoms with Crippen LogP contribution in [0.4, 0.5) is 0 Å². The zero-order valence-corrected chi connectivity index (χ0v) is 8.42. The van der Waals surface area contributed by atoms with E-state index >= 15 is 0 Å². The van der Waals surface area contributed by atoms with Crippen LogP contribution in [0, 0.1) is 17.3 Å². The second kappa shape index (κ2) is 2.71. The van der Waals surface area contributed by atoms with Gasteiger partial charge in [-0.25, -0.2) is 0 Å². The Balaban J connectivity index is 1.81. The maximum Gasteiger partial charge on any atom is 0.226 e. The number of carbonyl (C=O) groups is 1. The van der Waals surface area contributed by atoms with Gasteiger partial charge in [0.2, 0.25) is 5.91 Å². The van der Waals surface area contributed by atoms with Crippen LogP contribution in [0.15, 0.2) is 0 Å². The van der Waals surface area contributed by atoms with E-state index in [0.717, 1.165) is 26.1 Å². The molecule has 0 aromatic rings. The van der Waals surface area contributed by atoms with Gasteiger partial charge in [-0.05, 0) is 18.4 Å². The van der Waals surface area contributed by atoms with Gasteiger partial charge in [0, 0.05) is 24.9 Å². The van der Waals surface area contributed by atoms with Gasteiger partial charge < -0.3 is 10.6 Å². The van der Waals surface area contributed by atoms with Gasteiger partial charge >= 0.3 is 0 Å². The molecule has 3 nitrogen and oxygen atoms in total. The van der Waals surface area contributed by atoms with Crippen molar-refractivity contribution >= 4 is 5.91 Å². The predicted molar refractivity (Wildman–Crippen MR) is 51.0 cm³/mol. The summed E-state index contributed by atoms with van der Waals surface area (Å²) in [7, 11) is 0. The Bertz CT molecular complexity index is 231. The summed E-state index contributed by atoms with van der Waals surface area (Å²) in [6.07, 6.45) is 1.07. The highest BCUT2D eigenvalue weighted by atomic mass is 16.2. The fourth-order valence-corrected chi connectivity index (χ4v) is 2.01. The van der Waals surface area contributed by atoms with Crippen molar-refractivity contribution in [3.05, 3.63) is 0 Å². The summed E-state index contributed by atoms with van der Waals surface area (Å²) in [5, 5.41) is 0. The SMILES string of the molecule is CC1(C)CC1C(=O)N1CC(CN)C1. The molecule has 2 rings (SSSR count). The summed E-state index contributed by atoms with van der Waals surface area (Å²) in [6, 6.07) is 0. The lowest BCUT2D eigenvalue weighted by Gasteiger charge is -2.39. The van der Waals surface area contributed by atoms with Gasteiger partial charge in [-0.1, -0.05) is 13.8 Å². The lowest BCUT2D eigenvalue weighted by atomic mass is 9.99. The number of likely N-dealkylation sites (tertiary alicyclic amines) is 1. The highest BCUT2D eigenvalue weighted by Crippen LogP contribution is 2.52. The molecule has 1 unspecified atom stereocenters. The van der Waals surface area contributed by atoms with Crippen molar-refractivity contribution in [2.75, 3.05) is 19.6 Å². The molecule has 0 aromatic heterocycles. The van der Waals surface area contributed by atoms with E-state index in [1.807, 2.05) is 4.90 Å². The van der Waals surface area contributed by atoms with Crippen LogP contribution in [0.2, 0.25) is 0 Å². The highest BCUT2D eigenvalue weighted by molar-refractivity contribution is 5.83. The van der Waals surface area contributed by atoms with Crippen LogP contribution in [0.3, 0.4) is 0 Å². The van der Waals surface area contributed by atoms with Gasteiger partial charge in [-0.15, -0.1) is 0 Å². The summed E-state index contributed by atoms with van der Waals surface area (Å²) in [6.45, 7) is 6.83.